The van der Waals surface area contributed by atoms with Crippen molar-refractivity contribution < 1.29 is 14.1 Å². The number of nitro groups is 1. The molecule has 0 N–H and O–H groups in total. The van der Waals surface area contributed by atoms with Crippen molar-refractivity contribution in [2.45, 2.75) is 6.92 Å². The van der Waals surface area contributed by atoms with Gasteiger partial charge < -0.3 is 9.64 Å². The third-order valence-corrected chi connectivity index (χ3v) is 2.63. The highest BCUT2D eigenvalue weighted by Gasteiger charge is 2.22. The lowest BCUT2D eigenvalue weighted by Crippen LogP contribution is -2.24. The molecule has 1 aromatic carbocycles. The molecule has 6 nitrogen and oxygen atoms in total. The van der Waals surface area contributed by atoms with Gasteiger partial charge in [0.05, 0.1) is 30.1 Å². The zero-order valence-corrected chi connectivity index (χ0v) is 10.9. The largest absolute Gasteiger partial charge is 0.494 e. The minimum Gasteiger partial charge on any atom is -0.494 e. The van der Waals surface area contributed by atoms with E-state index in [1.165, 1.54) is 18.1 Å². The van der Waals surface area contributed by atoms with Crippen molar-refractivity contribution >= 4 is 11.4 Å². The van der Waals surface area contributed by atoms with Gasteiger partial charge in [0, 0.05) is 19.7 Å². The normalized spacial score (nSPS) is 11.5. The first kappa shape index (κ1) is 14.7. The highest BCUT2D eigenvalue weighted by atomic mass is 19.1. The molecule has 0 saturated heterocycles. The van der Waals surface area contributed by atoms with Crippen molar-refractivity contribution in [3.63, 3.8) is 0 Å². The smallest absolute Gasteiger partial charge is 0.295 e. The molecule has 19 heavy (non-hydrogen) atoms. The summed E-state index contributed by atoms with van der Waals surface area (Å²) in [4.78, 5) is 11.8. The van der Waals surface area contributed by atoms with E-state index in [0.717, 1.165) is 6.07 Å². The van der Waals surface area contributed by atoms with E-state index in [4.69, 9.17) is 10.00 Å². The van der Waals surface area contributed by atoms with E-state index in [0.29, 0.717) is 6.54 Å². The Bertz CT molecular complexity index is 528. The quantitative estimate of drug-likeness (QED) is 0.604. The van der Waals surface area contributed by atoms with Crippen LogP contribution in [0.4, 0.5) is 15.8 Å². The van der Waals surface area contributed by atoms with Crippen molar-refractivity contribution in [2.24, 2.45) is 5.92 Å². The van der Waals surface area contributed by atoms with Gasteiger partial charge in [-0.3, -0.25) is 10.1 Å². The average Bonchev–Trinajstić information content (AvgIpc) is 2.37. The second kappa shape index (κ2) is 6.00. The Hall–Kier alpha value is -2.36. The number of anilines is 1. The maximum Gasteiger partial charge on any atom is 0.295 e. The van der Waals surface area contributed by atoms with Crippen LogP contribution in [0.5, 0.6) is 5.75 Å². The number of halogens is 1. The summed E-state index contributed by atoms with van der Waals surface area (Å²) in [5.74, 6) is -1.17. The lowest BCUT2D eigenvalue weighted by Gasteiger charge is -2.20. The summed E-state index contributed by atoms with van der Waals surface area (Å²) < 4.78 is 18.3. The van der Waals surface area contributed by atoms with Crippen LogP contribution in [-0.2, 0) is 0 Å². The van der Waals surface area contributed by atoms with E-state index in [2.05, 4.69) is 0 Å². The third-order valence-electron chi connectivity index (χ3n) is 2.63. The van der Waals surface area contributed by atoms with Gasteiger partial charge in [-0.2, -0.15) is 5.26 Å². The Morgan fingerprint density at radius 2 is 2.26 bits per heavy atom. The number of hydrogen-bond acceptors (Lipinski definition) is 5. The number of nitriles is 1. The molecule has 1 unspecified atom stereocenters. The van der Waals surface area contributed by atoms with Gasteiger partial charge in [0.25, 0.3) is 5.69 Å². The van der Waals surface area contributed by atoms with Crippen molar-refractivity contribution in [1.29, 1.82) is 5.26 Å². The van der Waals surface area contributed by atoms with Gasteiger partial charge in [-0.1, -0.05) is 0 Å². The molecule has 0 spiro atoms. The molecule has 0 bridgehead atoms. The molecule has 0 saturated carbocycles. The molecule has 0 aliphatic rings. The lowest BCUT2D eigenvalue weighted by atomic mass is 10.1. The topological polar surface area (TPSA) is 79.4 Å². The number of ether oxygens (including phenoxy) is 1. The first-order chi connectivity index (χ1) is 8.90. The fraction of sp³-hybridized carbons (Fsp3) is 0.417. The van der Waals surface area contributed by atoms with Crippen molar-refractivity contribution in [2.75, 3.05) is 25.6 Å². The zero-order chi connectivity index (χ0) is 14.6. The molecule has 0 aromatic heterocycles. The lowest BCUT2D eigenvalue weighted by molar-refractivity contribution is -0.384. The molecule has 1 atom stereocenters. The summed E-state index contributed by atoms with van der Waals surface area (Å²) in [7, 11) is 2.89. The van der Waals surface area contributed by atoms with E-state index in [1.807, 2.05) is 6.07 Å². The van der Waals surface area contributed by atoms with Gasteiger partial charge in [0.15, 0.2) is 11.6 Å². The Balaban J connectivity index is 3.23. The molecule has 102 valence electrons. The monoisotopic (exact) mass is 267 g/mol. The fourth-order valence-electron chi connectivity index (χ4n) is 1.69. The van der Waals surface area contributed by atoms with Crippen LogP contribution in [0, 0.1) is 33.2 Å². The van der Waals surface area contributed by atoms with Crippen molar-refractivity contribution in [3.8, 4) is 11.8 Å². The Morgan fingerprint density at radius 1 is 1.63 bits per heavy atom. The minimum absolute atomic E-state index is 0.0722. The van der Waals surface area contributed by atoms with Crippen LogP contribution in [-0.4, -0.2) is 25.6 Å². The number of methoxy groups -OCH3 is 1. The molecule has 0 aliphatic heterocycles. The van der Waals surface area contributed by atoms with E-state index in [-0.39, 0.29) is 23.0 Å². The predicted octanol–water partition coefficient (Wildman–Crippen LogP) is 2.34. The minimum atomic E-state index is -0.792. The fourth-order valence-corrected chi connectivity index (χ4v) is 1.69. The summed E-state index contributed by atoms with van der Waals surface area (Å²) in [6, 6.07) is 4.12. The van der Waals surface area contributed by atoms with Crippen LogP contribution in [0.25, 0.3) is 0 Å². The summed E-state index contributed by atoms with van der Waals surface area (Å²) in [6.07, 6.45) is 0. The molecular weight excluding hydrogens is 253 g/mol. The van der Waals surface area contributed by atoms with Crippen molar-refractivity contribution in [3.05, 3.63) is 28.1 Å². The van der Waals surface area contributed by atoms with Gasteiger partial charge in [0.1, 0.15) is 5.69 Å². The standard InChI is InChI=1S/C12H14FN3O3/c1-8(6-14)7-15(2)10-5-12(19-3)9(13)4-11(10)16(17)18/h4-5,8H,7H2,1-3H3. The predicted molar refractivity (Wildman–Crippen MR) is 67.7 cm³/mol. The molecule has 7 heteroatoms. The Labute approximate surface area is 110 Å². The summed E-state index contributed by atoms with van der Waals surface area (Å²) in [5, 5.41) is 19.7. The Morgan fingerprint density at radius 3 is 2.74 bits per heavy atom. The van der Waals surface area contributed by atoms with E-state index >= 15 is 0 Å². The molecule has 1 rings (SSSR count). The second-order valence-electron chi connectivity index (χ2n) is 4.14. The molecule has 1 aromatic rings. The van der Waals surface area contributed by atoms with Crippen LogP contribution >= 0.6 is 0 Å². The molecule has 0 radical (unpaired) electrons. The summed E-state index contributed by atoms with van der Waals surface area (Å²) >= 11 is 0. The van der Waals surface area contributed by atoms with Gasteiger partial charge in [-0.15, -0.1) is 0 Å². The first-order valence-corrected chi connectivity index (χ1v) is 5.53. The molecule has 0 amide bonds. The van der Waals surface area contributed by atoms with Crippen LogP contribution in [0.1, 0.15) is 6.92 Å². The first-order valence-electron chi connectivity index (χ1n) is 5.53. The maximum absolute atomic E-state index is 13.5. The van der Waals surface area contributed by atoms with E-state index in [9.17, 15) is 14.5 Å². The van der Waals surface area contributed by atoms with Gasteiger partial charge in [0.2, 0.25) is 0 Å². The molecule has 0 fully saturated rings. The molecule has 0 aliphatic carbocycles. The summed E-state index contributed by atoms with van der Waals surface area (Å²) in [5.41, 5.74) is -0.142. The SMILES string of the molecule is COc1cc(N(C)CC(C)C#N)c([N+](=O)[O-])cc1F. The van der Waals surface area contributed by atoms with Crippen LogP contribution in [0.2, 0.25) is 0 Å². The third kappa shape index (κ3) is 3.31. The number of rotatable bonds is 5. The number of benzene rings is 1. The highest BCUT2D eigenvalue weighted by Crippen LogP contribution is 2.34. The Kier molecular flexibility index (Phi) is 4.64. The van der Waals surface area contributed by atoms with E-state index in [1.54, 1.807) is 14.0 Å². The maximum atomic E-state index is 13.5. The number of nitrogens with zero attached hydrogens (tertiary/aromatic N) is 3. The van der Waals surface area contributed by atoms with E-state index < -0.39 is 10.7 Å². The van der Waals surface area contributed by atoms with Crippen LogP contribution in [0.3, 0.4) is 0 Å². The van der Waals surface area contributed by atoms with Crippen LogP contribution in [0.15, 0.2) is 12.1 Å². The summed E-state index contributed by atoms with van der Waals surface area (Å²) in [6.45, 7) is 2.00. The number of hydrogen-bond donors (Lipinski definition) is 0. The molecular formula is C12H14FN3O3. The van der Waals surface area contributed by atoms with Gasteiger partial charge >= 0.3 is 0 Å². The van der Waals surface area contributed by atoms with Crippen molar-refractivity contribution in [1.82, 2.24) is 0 Å². The zero-order valence-electron chi connectivity index (χ0n) is 10.9. The average molecular weight is 267 g/mol. The number of nitro benzene ring substituents is 1. The highest BCUT2D eigenvalue weighted by molar-refractivity contribution is 5.66. The van der Waals surface area contributed by atoms with Crippen LogP contribution < -0.4 is 9.64 Å². The second-order valence-corrected chi connectivity index (χ2v) is 4.14. The van der Waals surface area contributed by atoms with Gasteiger partial charge in [-0.25, -0.2) is 4.39 Å². The van der Waals surface area contributed by atoms with Gasteiger partial charge in [-0.05, 0) is 6.92 Å². The molecule has 0 heterocycles.